The molecule has 1 N–H and O–H groups in total. The molecule has 1 aromatic heterocycles. The van der Waals surface area contributed by atoms with E-state index in [9.17, 15) is 14.9 Å². The molecule has 0 fully saturated rings. The number of aromatic nitrogens is 3. The molecule has 0 bridgehead atoms. The molecule has 10 heteroatoms. The van der Waals surface area contributed by atoms with Crippen molar-refractivity contribution in [2.45, 2.75) is 44.1 Å². The van der Waals surface area contributed by atoms with Gasteiger partial charge in [-0.25, -0.2) is 0 Å². The van der Waals surface area contributed by atoms with Crippen LogP contribution in [0.2, 0.25) is 5.02 Å². The minimum atomic E-state index is -0.383. The Morgan fingerprint density at radius 2 is 2.03 bits per heavy atom. The number of amides is 1. The highest BCUT2D eigenvalue weighted by Crippen LogP contribution is 2.27. The summed E-state index contributed by atoms with van der Waals surface area (Å²) in [5, 5.41) is 23.7. The van der Waals surface area contributed by atoms with Gasteiger partial charge in [0.2, 0.25) is 5.91 Å². The summed E-state index contributed by atoms with van der Waals surface area (Å²) in [6.45, 7) is 4.50. The Hall–Kier alpha value is -2.91. The molecule has 0 aliphatic heterocycles. The Morgan fingerprint density at radius 1 is 1.26 bits per heavy atom. The maximum atomic E-state index is 12.3. The molecule has 2 aromatic carbocycles. The second-order valence-electron chi connectivity index (χ2n) is 6.83. The summed E-state index contributed by atoms with van der Waals surface area (Å²) < 4.78 is 1.93. The molecule has 1 heterocycles. The molecule has 3 rings (SSSR count). The van der Waals surface area contributed by atoms with Crippen LogP contribution in [0, 0.1) is 17.0 Å². The minimum absolute atomic E-state index is 0.0886. The predicted octanol–water partition coefficient (Wildman–Crippen LogP) is 5.03. The van der Waals surface area contributed by atoms with Crippen LogP contribution in [0.25, 0.3) is 0 Å². The van der Waals surface area contributed by atoms with E-state index in [1.54, 1.807) is 24.3 Å². The lowest BCUT2D eigenvalue weighted by Gasteiger charge is -2.09. The number of hydrogen-bond donors (Lipinski definition) is 1. The first-order valence-electron chi connectivity index (χ1n) is 9.72. The van der Waals surface area contributed by atoms with E-state index in [-0.39, 0.29) is 22.9 Å². The summed E-state index contributed by atoms with van der Waals surface area (Å²) in [4.78, 5) is 23.1. The highest BCUT2D eigenvalue weighted by Gasteiger charge is 2.16. The number of nitrogens with one attached hydrogen (secondary N) is 1. The molecule has 0 spiro atoms. The van der Waals surface area contributed by atoms with Crippen molar-refractivity contribution >= 4 is 40.6 Å². The average Bonchev–Trinajstić information content (AvgIpc) is 3.15. The first-order chi connectivity index (χ1) is 14.9. The van der Waals surface area contributed by atoms with Crippen LogP contribution in [-0.4, -0.2) is 25.6 Å². The first kappa shape index (κ1) is 22.8. The number of para-hydroxylation sites is 1. The van der Waals surface area contributed by atoms with Gasteiger partial charge in [-0.05, 0) is 31.5 Å². The molecule has 0 aliphatic carbocycles. The van der Waals surface area contributed by atoms with E-state index in [2.05, 4.69) is 15.5 Å². The molecule has 0 unspecified atom stereocenters. The van der Waals surface area contributed by atoms with Crippen LogP contribution in [0.4, 0.5) is 11.4 Å². The number of thioether (sulfide) groups is 1. The largest absolute Gasteiger partial charge is 0.326 e. The monoisotopic (exact) mass is 459 g/mol. The van der Waals surface area contributed by atoms with Crippen molar-refractivity contribution in [2.75, 3.05) is 5.32 Å². The number of carbonyl (C=O) groups excluding carboxylic acids is 1. The maximum absolute atomic E-state index is 12.3. The fourth-order valence-corrected chi connectivity index (χ4v) is 4.20. The van der Waals surface area contributed by atoms with Crippen LogP contribution in [0.3, 0.4) is 0 Å². The second kappa shape index (κ2) is 10.4. The molecule has 162 valence electrons. The van der Waals surface area contributed by atoms with Gasteiger partial charge >= 0.3 is 0 Å². The number of rotatable bonds is 9. The Kier molecular flexibility index (Phi) is 7.64. The number of nitro groups is 1. The molecule has 0 radical (unpaired) electrons. The lowest BCUT2D eigenvalue weighted by Crippen LogP contribution is -2.14. The number of halogens is 1. The quantitative estimate of drug-likeness (QED) is 0.273. The SMILES string of the molecule is CCn1c(CCC(=O)Nc2ccc(C)c(Cl)c2)nnc1SCc1ccccc1[N+](=O)[O-]. The highest BCUT2D eigenvalue weighted by molar-refractivity contribution is 7.98. The standard InChI is InChI=1S/C21H22ClN5O3S/c1-3-26-19(10-11-20(28)23-16-9-8-14(2)17(22)12-16)24-25-21(26)31-13-15-6-4-5-7-18(15)27(29)30/h4-9,12H,3,10-11,13H2,1-2H3,(H,23,28). The van der Waals surface area contributed by atoms with Gasteiger partial charge < -0.3 is 9.88 Å². The Balaban J connectivity index is 1.61. The van der Waals surface area contributed by atoms with Gasteiger partial charge in [-0.1, -0.05) is 47.6 Å². The number of aryl methyl sites for hydroxylation is 2. The Morgan fingerprint density at radius 3 is 2.74 bits per heavy atom. The number of nitro benzene ring substituents is 1. The van der Waals surface area contributed by atoms with Gasteiger partial charge in [0, 0.05) is 47.5 Å². The second-order valence-corrected chi connectivity index (χ2v) is 8.18. The minimum Gasteiger partial charge on any atom is -0.326 e. The number of benzene rings is 2. The summed E-state index contributed by atoms with van der Waals surface area (Å²) in [6.07, 6.45) is 0.677. The van der Waals surface area contributed by atoms with Crippen LogP contribution in [-0.2, 0) is 23.5 Å². The molecule has 8 nitrogen and oxygen atoms in total. The summed E-state index contributed by atoms with van der Waals surface area (Å²) in [5.41, 5.74) is 2.31. The molecule has 0 atom stereocenters. The van der Waals surface area contributed by atoms with Crippen molar-refractivity contribution < 1.29 is 9.72 Å². The van der Waals surface area contributed by atoms with Crippen LogP contribution in [0.15, 0.2) is 47.6 Å². The van der Waals surface area contributed by atoms with Crippen molar-refractivity contribution in [1.82, 2.24) is 14.8 Å². The fraction of sp³-hybridized carbons (Fsp3) is 0.286. The lowest BCUT2D eigenvalue weighted by atomic mass is 10.2. The number of anilines is 1. The van der Waals surface area contributed by atoms with Gasteiger partial charge in [0.1, 0.15) is 5.82 Å². The van der Waals surface area contributed by atoms with Crippen LogP contribution >= 0.6 is 23.4 Å². The van der Waals surface area contributed by atoms with E-state index in [1.165, 1.54) is 17.8 Å². The molecule has 3 aromatic rings. The van der Waals surface area contributed by atoms with E-state index in [4.69, 9.17) is 11.6 Å². The van der Waals surface area contributed by atoms with E-state index in [0.717, 1.165) is 5.56 Å². The zero-order valence-electron chi connectivity index (χ0n) is 17.2. The van der Waals surface area contributed by atoms with E-state index >= 15 is 0 Å². The molecule has 0 saturated carbocycles. The molecular weight excluding hydrogens is 438 g/mol. The third-order valence-corrected chi connectivity index (χ3v) is 6.11. The Bertz CT molecular complexity index is 1100. The van der Waals surface area contributed by atoms with Crippen molar-refractivity contribution in [3.8, 4) is 0 Å². The maximum Gasteiger partial charge on any atom is 0.273 e. The van der Waals surface area contributed by atoms with Crippen molar-refractivity contribution in [1.29, 1.82) is 0 Å². The summed E-state index contributed by atoms with van der Waals surface area (Å²) >= 11 is 7.49. The third-order valence-electron chi connectivity index (χ3n) is 4.69. The van der Waals surface area contributed by atoms with Gasteiger partial charge in [-0.15, -0.1) is 10.2 Å². The molecule has 31 heavy (non-hydrogen) atoms. The lowest BCUT2D eigenvalue weighted by molar-refractivity contribution is -0.385. The van der Waals surface area contributed by atoms with Gasteiger partial charge in [0.15, 0.2) is 5.16 Å². The zero-order valence-corrected chi connectivity index (χ0v) is 18.7. The first-order valence-corrected chi connectivity index (χ1v) is 11.1. The van der Waals surface area contributed by atoms with Crippen LogP contribution in [0.5, 0.6) is 0 Å². The smallest absolute Gasteiger partial charge is 0.273 e. The summed E-state index contributed by atoms with van der Waals surface area (Å²) in [5.74, 6) is 0.966. The Labute approximate surface area is 189 Å². The zero-order chi connectivity index (χ0) is 22.4. The fourth-order valence-electron chi connectivity index (χ4n) is 3.00. The third kappa shape index (κ3) is 5.83. The number of hydrogen-bond acceptors (Lipinski definition) is 6. The van der Waals surface area contributed by atoms with Crippen molar-refractivity contribution in [3.05, 3.63) is 74.6 Å². The van der Waals surface area contributed by atoms with Crippen LogP contribution in [0.1, 0.15) is 30.3 Å². The normalized spacial score (nSPS) is 10.8. The topological polar surface area (TPSA) is 103 Å². The number of nitrogens with zero attached hydrogens (tertiary/aromatic N) is 4. The van der Waals surface area contributed by atoms with Gasteiger partial charge in [-0.3, -0.25) is 14.9 Å². The van der Waals surface area contributed by atoms with E-state index in [0.29, 0.717) is 46.0 Å². The highest BCUT2D eigenvalue weighted by atomic mass is 35.5. The van der Waals surface area contributed by atoms with E-state index in [1.807, 2.05) is 30.5 Å². The molecular formula is C21H22ClN5O3S. The summed E-state index contributed by atoms with van der Waals surface area (Å²) in [6, 6.07) is 12.0. The molecule has 0 saturated heterocycles. The van der Waals surface area contributed by atoms with Gasteiger partial charge in [0.05, 0.1) is 4.92 Å². The number of carbonyl (C=O) groups is 1. The van der Waals surface area contributed by atoms with Gasteiger partial charge in [-0.2, -0.15) is 0 Å². The van der Waals surface area contributed by atoms with Crippen molar-refractivity contribution in [3.63, 3.8) is 0 Å². The molecule has 0 aliphatic rings. The van der Waals surface area contributed by atoms with Gasteiger partial charge in [0.25, 0.3) is 5.69 Å². The summed E-state index contributed by atoms with van der Waals surface area (Å²) in [7, 11) is 0. The van der Waals surface area contributed by atoms with E-state index < -0.39 is 0 Å². The predicted molar refractivity (Wildman–Crippen MR) is 121 cm³/mol. The van der Waals surface area contributed by atoms with Crippen molar-refractivity contribution in [2.24, 2.45) is 0 Å². The van der Waals surface area contributed by atoms with Crippen LogP contribution < -0.4 is 5.32 Å². The molecule has 1 amide bonds. The average molecular weight is 460 g/mol.